The first-order valence-electron chi connectivity index (χ1n) is 14.4. The lowest BCUT2D eigenvalue weighted by atomic mass is 10.1. The second-order valence-electron chi connectivity index (χ2n) is 10.3. The molecule has 0 saturated carbocycles. The largest absolute Gasteiger partial charge is 0.416 e. The topological polar surface area (TPSA) is 47.1 Å². The van der Waals surface area contributed by atoms with Crippen LogP contribution in [-0.2, 0) is 0 Å². The van der Waals surface area contributed by atoms with Gasteiger partial charge in [-0.15, -0.1) is 10.2 Å². The standard InChI is InChI=1S/C38H30N4O/c1-3-12-29(4-2)41(30-21-19-28(20-22-30)38-40-39-37(43-38)27-13-6-5-7-14-27)31-23-25-32(26-24-31)42-35-17-10-8-15-33(35)34-16-9-11-18-36(34)42/h3-26H,1-2H3/b12-3-,29-4+. The third-order valence-electron chi connectivity index (χ3n) is 7.66. The molecule has 208 valence electrons. The van der Waals surface area contributed by atoms with Gasteiger partial charge in [0.15, 0.2) is 0 Å². The highest BCUT2D eigenvalue weighted by atomic mass is 16.4. The Labute approximate surface area is 250 Å². The zero-order valence-electron chi connectivity index (χ0n) is 24.1. The van der Waals surface area contributed by atoms with E-state index in [4.69, 9.17) is 4.42 Å². The summed E-state index contributed by atoms with van der Waals surface area (Å²) < 4.78 is 8.33. The molecule has 0 spiro atoms. The fourth-order valence-electron chi connectivity index (χ4n) is 5.66. The Morgan fingerprint density at radius 3 is 1.67 bits per heavy atom. The van der Waals surface area contributed by atoms with E-state index in [0.29, 0.717) is 11.8 Å². The molecule has 0 N–H and O–H groups in total. The van der Waals surface area contributed by atoms with E-state index in [9.17, 15) is 0 Å². The van der Waals surface area contributed by atoms with Crippen LogP contribution in [0.4, 0.5) is 11.4 Å². The summed E-state index contributed by atoms with van der Waals surface area (Å²) in [5.41, 5.74) is 8.45. The van der Waals surface area contributed by atoms with E-state index in [-0.39, 0.29) is 0 Å². The predicted molar refractivity (Wildman–Crippen MR) is 177 cm³/mol. The maximum Gasteiger partial charge on any atom is 0.248 e. The molecule has 5 aromatic carbocycles. The molecular weight excluding hydrogens is 528 g/mol. The zero-order chi connectivity index (χ0) is 29.2. The predicted octanol–water partition coefficient (Wildman–Crippen LogP) is 10.1. The smallest absolute Gasteiger partial charge is 0.248 e. The Morgan fingerprint density at radius 2 is 1.12 bits per heavy atom. The van der Waals surface area contributed by atoms with Gasteiger partial charge in [-0.2, -0.15) is 0 Å². The highest BCUT2D eigenvalue weighted by Crippen LogP contribution is 2.36. The number of para-hydroxylation sites is 2. The Morgan fingerprint density at radius 1 is 0.605 bits per heavy atom. The summed E-state index contributed by atoms with van der Waals surface area (Å²) in [6.07, 6.45) is 6.31. The van der Waals surface area contributed by atoms with E-state index >= 15 is 0 Å². The van der Waals surface area contributed by atoms with E-state index in [2.05, 4.69) is 130 Å². The van der Waals surface area contributed by atoms with Gasteiger partial charge >= 0.3 is 0 Å². The highest BCUT2D eigenvalue weighted by molar-refractivity contribution is 6.09. The van der Waals surface area contributed by atoms with Gasteiger partial charge in [-0.05, 0) is 92.7 Å². The molecule has 0 atom stereocenters. The first-order valence-corrected chi connectivity index (χ1v) is 14.4. The van der Waals surface area contributed by atoms with Crippen molar-refractivity contribution in [2.45, 2.75) is 13.8 Å². The molecular formula is C38H30N4O. The molecule has 5 nitrogen and oxygen atoms in total. The minimum atomic E-state index is 0.493. The first kappa shape index (κ1) is 26.2. The average Bonchev–Trinajstić information content (AvgIpc) is 3.70. The van der Waals surface area contributed by atoms with Crippen LogP contribution in [-0.4, -0.2) is 14.8 Å². The van der Waals surface area contributed by atoms with Crippen LogP contribution in [0.15, 0.2) is 156 Å². The molecule has 7 aromatic rings. The molecule has 0 aliphatic carbocycles. The summed E-state index contributed by atoms with van der Waals surface area (Å²) >= 11 is 0. The molecule has 0 fully saturated rings. The molecule has 2 aromatic heterocycles. The number of allylic oxidation sites excluding steroid dienone is 3. The Hall–Kier alpha value is -5.68. The van der Waals surface area contributed by atoms with Crippen LogP contribution < -0.4 is 4.90 Å². The van der Waals surface area contributed by atoms with Crippen molar-refractivity contribution >= 4 is 33.2 Å². The summed E-state index contributed by atoms with van der Waals surface area (Å²) in [7, 11) is 0. The van der Waals surface area contributed by atoms with Gasteiger partial charge in [-0.3, -0.25) is 0 Å². The van der Waals surface area contributed by atoms with Crippen molar-refractivity contribution in [3.63, 3.8) is 0 Å². The Kier molecular flexibility index (Phi) is 6.89. The molecule has 0 saturated heterocycles. The van der Waals surface area contributed by atoms with Gasteiger partial charge in [0.05, 0.1) is 11.0 Å². The molecule has 0 radical (unpaired) electrons. The van der Waals surface area contributed by atoms with Gasteiger partial charge < -0.3 is 13.9 Å². The lowest BCUT2D eigenvalue weighted by molar-refractivity contribution is 0.584. The quantitative estimate of drug-likeness (QED) is 0.183. The summed E-state index contributed by atoms with van der Waals surface area (Å²) in [5.74, 6) is 1.00. The van der Waals surface area contributed by atoms with Crippen molar-refractivity contribution in [2.75, 3.05) is 4.90 Å². The number of hydrogen-bond donors (Lipinski definition) is 0. The fraction of sp³-hybridized carbons (Fsp3) is 0.0526. The van der Waals surface area contributed by atoms with Gasteiger partial charge in [0.1, 0.15) is 0 Å². The van der Waals surface area contributed by atoms with E-state index in [1.165, 1.54) is 21.8 Å². The van der Waals surface area contributed by atoms with Crippen LogP contribution in [0.1, 0.15) is 13.8 Å². The van der Waals surface area contributed by atoms with Gasteiger partial charge in [0.25, 0.3) is 0 Å². The Balaban J connectivity index is 1.25. The van der Waals surface area contributed by atoms with Crippen LogP contribution in [0.2, 0.25) is 0 Å². The van der Waals surface area contributed by atoms with E-state index in [0.717, 1.165) is 33.9 Å². The summed E-state index contributed by atoms with van der Waals surface area (Å²) in [4.78, 5) is 2.25. The third kappa shape index (κ3) is 4.81. The molecule has 0 amide bonds. The van der Waals surface area contributed by atoms with Crippen molar-refractivity contribution in [1.82, 2.24) is 14.8 Å². The lowest BCUT2D eigenvalue weighted by Crippen LogP contribution is -2.15. The Bertz CT molecular complexity index is 2030. The summed E-state index contributed by atoms with van der Waals surface area (Å²) in [5, 5.41) is 11.1. The second-order valence-corrected chi connectivity index (χ2v) is 10.3. The SMILES string of the molecule is C/C=C\C(=C/C)N(c1ccc(-c2nnc(-c3ccccc3)o2)cc1)c1ccc(-n2c3ccccc3c3ccccc32)cc1. The number of anilines is 2. The molecule has 7 rings (SSSR count). The maximum absolute atomic E-state index is 6.00. The van der Waals surface area contributed by atoms with Crippen molar-refractivity contribution in [3.8, 4) is 28.6 Å². The van der Waals surface area contributed by atoms with E-state index < -0.39 is 0 Å². The molecule has 0 aliphatic heterocycles. The number of aromatic nitrogens is 3. The summed E-state index contributed by atoms with van der Waals surface area (Å²) in [6.45, 7) is 4.10. The highest BCUT2D eigenvalue weighted by Gasteiger charge is 2.16. The monoisotopic (exact) mass is 558 g/mol. The van der Waals surface area contributed by atoms with Crippen molar-refractivity contribution < 1.29 is 4.42 Å². The zero-order valence-corrected chi connectivity index (χ0v) is 24.1. The normalized spacial score (nSPS) is 12.0. The number of fused-ring (bicyclic) bond motifs is 3. The van der Waals surface area contributed by atoms with Crippen molar-refractivity contribution in [3.05, 3.63) is 151 Å². The average molecular weight is 559 g/mol. The molecule has 5 heteroatoms. The first-order chi connectivity index (χ1) is 21.2. The van der Waals surface area contributed by atoms with Gasteiger partial charge in [0.2, 0.25) is 11.8 Å². The fourth-order valence-corrected chi connectivity index (χ4v) is 5.66. The van der Waals surface area contributed by atoms with E-state index in [1.807, 2.05) is 49.4 Å². The maximum atomic E-state index is 6.00. The second kappa shape index (κ2) is 11.3. The van der Waals surface area contributed by atoms with Gasteiger partial charge in [0, 0.05) is 44.7 Å². The number of rotatable bonds is 7. The van der Waals surface area contributed by atoms with Crippen molar-refractivity contribution in [2.24, 2.45) is 0 Å². The van der Waals surface area contributed by atoms with Gasteiger partial charge in [-0.25, -0.2) is 0 Å². The molecule has 0 bridgehead atoms. The molecule has 0 aliphatic rings. The minimum Gasteiger partial charge on any atom is -0.416 e. The number of nitrogens with zero attached hydrogens (tertiary/aromatic N) is 4. The van der Waals surface area contributed by atoms with Crippen LogP contribution >= 0.6 is 0 Å². The molecule has 2 heterocycles. The van der Waals surface area contributed by atoms with Crippen LogP contribution in [0.5, 0.6) is 0 Å². The number of benzene rings is 5. The number of hydrogen-bond acceptors (Lipinski definition) is 4. The summed E-state index contributed by atoms with van der Waals surface area (Å²) in [6, 6.07) is 44.0. The van der Waals surface area contributed by atoms with Crippen LogP contribution in [0.3, 0.4) is 0 Å². The van der Waals surface area contributed by atoms with Crippen LogP contribution in [0, 0.1) is 0 Å². The van der Waals surface area contributed by atoms with Gasteiger partial charge in [-0.1, -0.05) is 66.7 Å². The third-order valence-corrected chi connectivity index (χ3v) is 7.66. The lowest BCUT2D eigenvalue weighted by Gasteiger charge is -2.26. The minimum absolute atomic E-state index is 0.493. The van der Waals surface area contributed by atoms with Crippen LogP contribution in [0.25, 0.3) is 50.4 Å². The molecule has 43 heavy (non-hydrogen) atoms. The van der Waals surface area contributed by atoms with Crippen molar-refractivity contribution in [1.29, 1.82) is 0 Å². The van der Waals surface area contributed by atoms with E-state index in [1.54, 1.807) is 0 Å². The molecule has 0 unspecified atom stereocenters.